The molecule has 2 aromatic rings. The summed E-state index contributed by atoms with van der Waals surface area (Å²) in [5.41, 5.74) is 2.78. The first kappa shape index (κ1) is 16.7. The number of halogens is 1. The number of amides is 2. The van der Waals surface area contributed by atoms with Gasteiger partial charge in [-0.2, -0.15) is 0 Å². The van der Waals surface area contributed by atoms with Crippen LogP contribution in [0.15, 0.2) is 53.0 Å². The summed E-state index contributed by atoms with van der Waals surface area (Å²) in [7, 11) is 1.76. The van der Waals surface area contributed by atoms with Crippen LogP contribution >= 0.6 is 15.9 Å². The number of carbonyl (C=O) groups is 2. The van der Waals surface area contributed by atoms with E-state index in [0.29, 0.717) is 6.54 Å². The zero-order chi connectivity index (χ0) is 17.3. The molecule has 0 spiro atoms. The third-order valence-electron chi connectivity index (χ3n) is 4.34. The second kappa shape index (κ2) is 6.77. The van der Waals surface area contributed by atoms with Gasteiger partial charge in [0.1, 0.15) is 0 Å². The Bertz CT molecular complexity index is 776. The van der Waals surface area contributed by atoms with E-state index in [1.54, 1.807) is 16.8 Å². The second-order valence-electron chi connectivity index (χ2n) is 6.09. The topological polar surface area (TPSA) is 40.6 Å². The van der Waals surface area contributed by atoms with E-state index in [9.17, 15) is 9.59 Å². The van der Waals surface area contributed by atoms with E-state index in [1.807, 2.05) is 55.5 Å². The summed E-state index contributed by atoms with van der Waals surface area (Å²) in [6, 6.07) is 15.4. The third kappa shape index (κ3) is 3.22. The zero-order valence-electron chi connectivity index (χ0n) is 13.7. The number of hydrogen-bond donors (Lipinski definition) is 0. The van der Waals surface area contributed by atoms with Crippen molar-refractivity contribution in [2.75, 3.05) is 23.4 Å². The molecule has 1 unspecified atom stereocenters. The van der Waals surface area contributed by atoms with Crippen molar-refractivity contribution in [3.8, 4) is 0 Å². The van der Waals surface area contributed by atoms with Gasteiger partial charge < -0.3 is 9.80 Å². The summed E-state index contributed by atoms with van der Waals surface area (Å²) in [4.78, 5) is 28.5. The van der Waals surface area contributed by atoms with Gasteiger partial charge in [-0.1, -0.05) is 24.3 Å². The fraction of sp³-hybridized carbons (Fsp3) is 0.263. The third-order valence-corrected chi connectivity index (χ3v) is 4.98. The van der Waals surface area contributed by atoms with Gasteiger partial charge in [0, 0.05) is 30.2 Å². The summed E-state index contributed by atoms with van der Waals surface area (Å²) in [5, 5.41) is 0. The molecule has 124 valence electrons. The van der Waals surface area contributed by atoms with Crippen molar-refractivity contribution in [2.45, 2.75) is 13.3 Å². The minimum atomic E-state index is -0.323. The minimum absolute atomic E-state index is 0.0145. The van der Waals surface area contributed by atoms with E-state index in [1.165, 1.54) is 0 Å². The molecule has 1 saturated heterocycles. The summed E-state index contributed by atoms with van der Waals surface area (Å²) in [6.07, 6.45) is 0.246. The van der Waals surface area contributed by atoms with Gasteiger partial charge in [0.25, 0.3) is 0 Å². The molecule has 24 heavy (non-hydrogen) atoms. The van der Waals surface area contributed by atoms with Crippen molar-refractivity contribution < 1.29 is 9.59 Å². The minimum Gasteiger partial charge on any atom is -0.315 e. The maximum atomic E-state index is 12.7. The monoisotopic (exact) mass is 386 g/mol. The van der Waals surface area contributed by atoms with Gasteiger partial charge >= 0.3 is 0 Å². The molecule has 1 aliphatic heterocycles. The van der Waals surface area contributed by atoms with Crippen LogP contribution in [0, 0.1) is 12.8 Å². The molecule has 0 N–H and O–H groups in total. The van der Waals surface area contributed by atoms with Gasteiger partial charge in [0.15, 0.2) is 0 Å². The highest BCUT2D eigenvalue weighted by atomic mass is 79.9. The lowest BCUT2D eigenvalue weighted by Gasteiger charge is -2.22. The van der Waals surface area contributed by atoms with E-state index >= 15 is 0 Å². The molecule has 1 atom stereocenters. The number of para-hydroxylation sites is 1. The Morgan fingerprint density at radius 2 is 1.92 bits per heavy atom. The molecule has 1 aliphatic rings. The van der Waals surface area contributed by atoms with Crippen LogP contribution in [0.25, 0.3) is 0 Å². The molecule has 0 bridgehead atoms. The quantitative estimate of drug-likeness (QED) is 0.805. The molecule has 1 heterocycles. The maximum absolute atomic E-state index is 12.7. The molecule has 0 radical (unpaired) electrons. The van der Waals surface area contributed by atoms with E-state index in [-0.39, 0.29) is 24.2 Å². The first-order valence-corrected chi connectivity index (χ1v) is 8.66. The summed E-state index contributed by atoms with van der Waals surface area (Å²) >= 11 is 3.52. The van der Waals surface area contributed by atoms with Crippen LogP contribution in [0.3, 0.4) is 0 Å². The number of nitrogens with zero attached hydrogens (tertiary/aromatic N) is 2. The van der Waals surface area contributed by atoms with Gasteiger partial charge in [-0.15, -0.1) is 0 Å². The summed E-state index contributed by atoms with van der Waals surface area (Å²) in [6.45, 7) is 2.41. The number of benzene rings is 2. The van der Waals surface area contributed by atoms with Crippen molar-refractivity contribution in [3.63, 3.8) is 0 Å². The first-order chi connectivity index (χ1) is 11.5. The van der Waals surface area contributed by atoms with Crippen LogP contribution in [0.4, 0.5) is 11.4 Å². The van der Waals surface area contributed by atoms with Crippen LogP contribution in [0.1, 0.15) is 12.0 Å². The molecule has 0 aromatic heterocycles. The van der Waals surface area contributed by atoms with Crippen LogP contribution in [0.2, 0.25) is 0 Å². The smallest absolute Gasteiger partial charge is 0.232 e. The Morgan fingerprint density at radius 1 is 1.21 bits per heavy atom. The van der Waals surface area contributed by atoms with Gasteiger partial charge in [0.2, 0.25) is 11.8 Å². The Balaban J connectivity index is 1.78. The molecule has 3 rings (SSSR count). The summed E-state index contributed by atoms with van der Waals surface area (Å²) in [5.74, 6) is -0.365. The molecule has 0 aliphatic carbocycles. The van der Waals surface area contributed by atoms with E-state index < -0.39 is 0 Å². The number of rotatable bonds is 3. The highest BCUT2D eigenvalue weighted by Gasteiger charge is 2.37. The Hall–Kier alpha value is -2.14. The Morgan fingerprint density at radius 3 is 2.58 bits per heavy atom. The largest absolute Gasteiger partial charge is 0.315 e. The molecule has 2 amide bonds. The van der Waals surface area contributed by atoms with Gasteiger partial charge in [-0.05, 0) is 52.7 Å². The predicted molar refractivity (Wildman–Crippen MR) is 99.2 cm³/mol. The average Bonchev–Trinajstić information content (AvgIpc) is 2.96. The highest BCUT2D eigenvalue weighted by Crippen LogP contribution is 2.33. The molecule has 1 fully saturated rings. The lowest BCUT2D eigenvalue weighted by molar-refractivity contribution is -0.124. The standard InChI is InChI=1S/C19H19BrN2O2/c1-13-8-9-17(16(20)10-13)22-12-14(11-18(22)23)19(24)21(2)15-6-4-3-5-7-15/h3-10,14H,11-12H2,1-2H3. The predicted octanol–water partition coefficient (Wildman–Crippen LogP) is 3.77. The van der Waals surface area contributed by atoms with Crippen LogP contribution < -0.4 is 9.80 Å². The molecule has 5 heteroatoms. The second-order valence-corrected chi connectivity index (χ2v) is 6.95. The fourth-order valence-corrected chi connectivity index (χ4v) is 3.70. The van der Waals surface area contributed by atoms with Crippen molar-refractivity contribution in [1.29, 1.82) is 0 Å². The Labute approximate surface area is 150 Å². The van der Waals surface area contributed by atoms with Gasteiger partial charge in [-0.25, -0.2) is 0 Å². The van der Waals surface area contributed by atoms with Crippen LogP contribution in [-0.4, -0.2) is 25.4 Å². The maximum Gasteiger partial charge on any atom is 0.232 e. The summed E-state index contributed by atoms with van der Waals surface area (Å²) < 4.78 is 0.875. The van der Waals surface area contributed by atoms with E-state index in [2.05, 4.69) is 15.9 Å². The van der Waals surface area contributed by atoms with E-state index in [4.69, 9.17) is 0 Å². The number of carbonyl (C=O) groups excluding carboxylic acids is 2. The molecular formula is C19H19BrN2O2. The lowest BCUT2D eigenvalue weighted by Crippen LogP contribution is -2.34. The van der Waals surface area contributed by atoms with Crippen molar-refractivity contribution in [1.82, 2.24) is 0 Å². The van der Waals surface area contributed by atoms with Crippen LogP contribution in [-0.2, 0) is 9.59 Å². The SMILES string of the molecule is Cc1ccc(N2CC(C(=O)N(C)c3ccccc3)CC2=O)c(Br)c1. The van der Waals surface area contributed by atoms with Gasteiger partial charge in [-0.3, -0.25) is 9.59 Å². The van der Waals surface area contributed by atoms with Crippen molar-refractivity contribution >= 4 is 39.1 Å². The highest BCUT2D eigenvalue weighted by molar-refractivity contribution is 9.10. The molecule has 4 nitrogen and oxygen atoms in total. The lowest BCUT2D eigenvalue weighted by atomic mass is 10.1. The van der Waals surface area contributed by atoms with Crippen molar-refractivity contribution in [2.24, 2.45) is 5.92 Å². The zero-order valence-corrected chi connectivity index (χ0v) is 15.3. The average molecular weight is 387 g/mol. The number of anilines is 2. The first-order valence-electron chi connectivity index (χ1n) is 7.86. The number of aryl methyl sites for hydroxylation is 1. The fourth-order valence-electron chi connectivity index (χ4n) is 2.99. The van der Waals surface area contributed by atoms with Crippen LogP contribution in [0.5, 0.6) is 0 Å². The number of hydrogen-bond acceptors (Lipinski definition) is 2. The van der Waals surface area contributed by atoms with Crippen molar-refractivity contribution in [3.05, 3.63) is 58.6 Å². The molecule has 0 saturated carbocycles. The molecule has 2 aromatic carbocycles. The van der Waals surface area contributed by atoms with Gasteiger partial charge in [0.05, 0.1) is 11.6 Å². The normalized spacial score (nSPS) is 17.2. The molecular weight excluding hydrogens is 368 g/mol. The Kier molecular flexibility index (Phi) is 4.71. The van der Waals surface area contributed by atoms with E-state index in [0.717, 1.165) is 21.4 Å².